The SMILES string of the molecule is [2H]c1c([2H])c([2H])c([C@@H](O)[13C]([13CH3])=O)c([2H])c1[2H]. The molecule has 1 aromatic carbocycles. The van der Waals surface area contributed by atoms with Gasteiger partial charge in [0.05, 0.1) is 6.85 Å². The van der Waals surface area contributed by atoms with E-state index < -0.39 is 42.1 Å². The highest BCUT2D eigenvalue weighted by Crippen LogP contribution is 2.11. The Morgan fingerprint density at radius 2 is 2.09 bits per heavy atom. The molecule has 0 saturated heterocycles. The number of carbonyl (C=O) groups is 1. The van der Waals surface area contributed by atoms with E-state index in [1.807, 2.05) is 0 Å². The summed E-state index contributed by atoms with van der Waals surface area (Å²) in [6.07, 6.45) is -1.69. The van der Waals surface area contributed by atoms with E-state index in [2.05, 4.69) is 0 Å². The third kappa shape index (κ3) is 1.88. The van der Waals surface area contributed by atoms with Crippen LogP contribution in [0.25, 0.3) is 0 Å². The third-order valence-electron chi connectivity index (χ3n) is 1.18. The van der Waals surface area contributed by atoms with Crippen LogP contribution in [-0.4, -0.2) is 10.9 Å². The van der Waals surface area contributed by atoms with Gasteiger partial charge in [-0.05, 0) is 12.5 Å². The van der Waals surface area contributed by atoms with Gasteiger partial charge in [0.1, 0.15) is 6.10 Å². The van der Waals surface area contributed by atoms with E-state index in [-0.39, 0.29) is 5.56 Å². The van der Waals surface area contributed by atoms with Gasteiger partial charge in [-0.15, -0.1) is 0 Å². The minimum atomic E-state index is -1.69. The Bertz CT molecular complexity index is 429. The standard InChI is InChI=1S/C9H10O2/c1-7(10)9(11)8-5-3-2-4-6-8/h2-6,9,11H,1H3/t9-/m0/s1/i1+1,2D,3D,4D,5D,6D,7+1. The van der Waals surface area contributed by atoms with Crippen LogP contribution in [0.4, 0.5) is 0 Å². The van der Waals surface area contributed by atoms with Gasteiger partial charge in [-0.2, -0.15) is 0 Å². The number of Topliss-reactive ketones (excluding diaryl/α,β-unsaturated/α-hetero) is 1. The number of benzene rings is 1. The van der Waals surface area contributed by atoms with E-state index in [1.54, 1.807) is 0 Å². The molecule has 0 aliphatic rings. The molecule has 1 aromatic rings. The summed E-state index contributed by atoms with van der Waals surface area (Å²) in [5.74, 6) is -0.668. The molecule has 1 N–H and O–H groups in total. The second-order valence-corrected chi connectivity index (χ2v) is 2.05. The Labute approximate surface area is 72.5 Å². The summed E-state index contributed by atoms with van der Waals surface area (Å²) >= 11 is 0. The van der Waals surface area contributed by atoms with E-state index in [9.17, 15) is 9.90 Å². The van der Waals surface area contributed by atoms with Gasteiger partial charge in [-0.25, -0.2) is 0 Å². The Kier molecular flexibility index (Phi) is 1.05. The highest BCUT2D eigenvalue weighted by molar-refractivity contribution is 5.81. The fraction of sp³-hybridized carbons (Fsp3) is 0.222. The Hall–Kier alpha value is -1.15. The zero-order valence-electron chi connectivity index (χ0n) is 10.9. The number of aliphatic hydroxyl groups is 1. The molecule has 0 amide bonds. The first-order chi connectivity index (χ1) is 7.29. The summed E-state index contributed by atoms with van der Waals surface area (Å²) in [5.41, 5.74) is -0.376. The van der Waals surface area contributed by atoms with E-state index in [4.69, 9.17) is 6.85 Å². The molecule has 1 atom stereocenters. The molecular weight excluding hydrogens is 142 g/mol. The molecule has 0 bridgehead atoms. The van der Waals surface area contributed by atoms with E-state index in [1.165, 1.54) is 0 Å². The van der Waals surface area contributed by atoms with Gasteiger partial charge in [-0.3, -0.25) is 4.79 Å². The average Bonchev–Trinajstić information content (AvgIpc) is 2.23. The number of aliphatic hydroxyl groups excluding tert-OH is 1. The maximum absolute atomic E-state index is 11.0. The molecule has 0 spiro atoms. The van der Waals surface area contributed by atoms with Crippen molar-refractivity contribution in [1.82, 2.24) is 0 Å². The maximum Gasteiger partial charge on any atom is 0.162 e. The third-order valence-corrected chi connectivity index (χ3v) is 1.18. The van der Waals surface area contributed by atoms with Gasteiger partial charge in [0.2, 0.25) is 0 Å². The second kappa shape index (κ2) is 3.30. The van der Waals surface area contributed by atoms with Gasteiger partial charge in [0.25, 0.3) is 0 Å². The second-order valence-electron chi connectivity index (χ2n) is 2.05. The predicted molar refractivity (Wildman–Crippen MR) is 42.1 cm³/mol. The largest absolute Gasteiger partial charge is 0.381 e. The Morgan fingerprint density at radius 1 is 1.55 bits per heavy atom. The molecule has 0 aliphatic heterocycles. The van der Waals surface area contributed by atoms with Crippen molar-refractivity contribution < 1.29 is 16.8 Å². The van der Waals surface area contributed by atoms with Crippen LogP contribution >= 0.6 is 0 Å². The first-order valence-electron chi connectivity index (χ1n) is 5.54. The number of carbonyl (C=O) groups excluding carboxylic acids is 1. The van der Waals surface area contributed by atoms with Gasteiger partial charge >= 0.3 is 0 Å². The number of hydrogen-bond acceptors (Lipinski definition) is 2. The van der Waals surface area contributed by atoms with Gasteiger partial charge in [0.15, 0.2) is 5.78 Å². The highest BCUT2D eigenvalue weighted by Gasteiger charge is 2.10. The van der Waals surface area contributed by atoms with Crippen LogP contribution < -0.4 is 0 Å². The van der Waals surface area contributed by atoms with Crippen LogP contribution in [0.1, 0.15) is 25.4 Å². The smallest absolute Gasteiger partial charge is 0.162 e. The average molecular weight is 157 g/mol. The van der Waals surface area contributed by atoms with Crippen molar-refractivity contribution in [2.75, 3.05) is 0 Å². The van der Waals surface area contributed by atoms with Crippen molar-refractivity contribution in [3.8, 4) is 0 Å². The lowest BCUT2D eigenvalue weighted by atomic mass is 10.2. The molecule has 1 rings (SSSR count). The molecule has 0 aromatic heterocycles. The summed E-state index contributed by atoms with van der Waals surface area (Å²) in [6, 6.07) is -2.76. The quantitative estimate of drug-likeness (QED) is 0.657. The molecule has 0 radical (unpaired) electrons. The zero-order chi connectivity index (χ0) is 12.6. The van der Waals surface area contributed by atoms with Crippen molar-refractivity contribution in [2.45, 2.75) is 13.0 Å². The monoisotopic (exact) mass is 157 g/mol. The fourth-order valence-electron chi connectivity index (χ4n) is 0.600. The van der Waals surface area contributed by atoms with Crippen LogP contribution in [0.3, 0.4) is 0 Å². The summed E-state index contributed by atoms with van der Waals surface area (Å²) < 4.78 is 36.9. The molecule has 11 heavy (non-hydrogen) atoms. The Morgan fingerprint density at radius 3 is 2.55 bits per heavy atom. The summed E-state index contributed by atoms with van der Waals surface area (Å²) in [7, 11) is 0. The highest BCUT2D eigenvalue weighted by atomic mass is 16.3. The maximum atomic E-state index is 11.0. The van der Waals surface area contributed by atoms with Crippen LogP contribution in [0.5, 0.6) is 0 Å². The molecule has 2 nitrogen and oxygen atoms in total. The van der Waals surface area contributed by atoms with Gasteiger partial charge in [0, 0.05) is 0 Å². The van der Waals surface area contributed by atoms with Gasteiger partial charge < -0.3 is 5.11 Å². The van der Waals surface area contributed by atoms with Crippen molar-refractivity contribution >= 4 is 5.78 Å². The molecule has 58 valence electrons. The summed E-state index contributed by atoms with van der Waals surface area (Å²) in [6.45, 7) is 1.09. The van der Waals surface area contributed by atoms with E-state index in [0.29, 0.717) is 0 Å². The van der Waals surface area contributed by atoms with Gasteiger partial charge in [-0.1, -0.05) is 30.2 Å². The molecule has 0 unspecified atom stereocenters. The lowest BCUT2D eigenvalue weighted by Gasteiger charge is -2.04. The number of rotatable bonds is 2. The summed E-state index contributed by atoms with van der Waals surface area (Å²) in [4.78, 5) is 11.0. The zero-order valence-corrected chi connectivity index (χ0v) is 5.93. The van der Waals surface area contributed by atoms with Crippen LogP contribution in [0.2, 0.25) is 0 Å². The first kappa shape index (κ1) is 3.50. The van der Waals surface area contributed by atoms with Crippen molar-refractivity contribution in [3.63, 3.8) is 0 Å². The van der Waals surface area contributed by atoms with Crippen LogP contribution in [0.15, 0.2) is 30.2 Å². The molecular formula is C9H10O2. The molecule has 0 aliphatic carbocycles. The lowest BCUT2D eigenvalue weighted by molar-refractivity contribution is -0.125. The fourth-order valence-corrected chi connectivity index (χ4v) is 0.600. The van der Waals surface area contributed by atoms with Crippen molar-refractivity contribution in [3.05, 3.63) is 35.8 Å². The molecule has 2 heteroatoms. The molecule has 0 fully saturated rings. The molecule has 0 heterocycles. The van der Waals surface area contributed by atoms with Crippen molar-refractivity contribution in [1.29, 1.82) is 0 Å². The normalized spacial score (nSPS) is 18.9. The van der Waals surface area contributed by atoms with Crippen molar-refractivity contribution in [2.24, 2.45) is 0 Å². The van der Waals surface area contributed by atoms with E-state index in [0.717, 1.165) is 6.92 Å². The lowest BCUT2D eigenvalue weighted by Crippen LogP contribution is -2.06. The Balaban J connectivity index is 3.57. The first-order valence-corrected chi connectivity index (χ1v) is 3.04. The molecule has 0 saturated carbocycles. The predicted octanol–water partition coefficient (Wildman–Crippen LogP) is 1.31. The topological polar surface area (TPSA) is 37.3 Å². The minimum Gasteiger partial charge on any atom is -0.381 e. The van der Waals surface area contributed by atoms with E-state index >= 15 is 0 Å². The number of hydrogen-bond donors (Lipinski definition) is 1. The van der Waals surface area contributed by atoms with Crippen LogP contribution in [-0.2, 0) is 4.79 Å². The summed E-state index contributed by atoms with van der Waals surface area (Å²) in [5, 5.41) is 9.48. The van der Waals surface area contributed by atoms with Crippen LogP contribution in [0, 0.1) is 0 Å². The minimum absolute atomic E-state index is 0.376. The number of ketones is 1.